The fourth-order valence-electron chi connectivity index (χ4n) is 3.90. The maximum Gasteiger partial charge on any atom is 0.251 e. The summed E-state index contributed by atoms with van der Waals surface area (Å²) in [6.45, 7) is 0.694. The molecule has 3 aromatic heterocycles. The van der Waals surface area contributed by atoms with Crippen LogP contribution in [0.4, 0.5) is 11.6 Å². The van der Waals surface area contributed by atoms with Gasteiger partial charge in [0.05, 0.1) is 18.4 Å². The van der Waals surface area contributed by atoms with Crippen molar-refractivity contribution >= 4 is 23.2 Å². The van der Waals surface area contributed by atoms with Crippen molar-refractivity contribution in [3.63, 3.8) is 0 Å². The molecule has 1 saturated carbocycles. The molecule has 0 unspecified atom stereocenters. The predicted octanol–water partition coefficient (Wildman–Crippen LogP) is 4.28. The Kier molecular flexibility index (Phi) is 5.03. The van der Waals surface area contributed by atoms with Crippen LogP contribution in [-0.2, 0) is 6.54 Å². The smallest absolute Gasteiger partial charge is 0.251 e. The zero-order valence-electron chi connectivity index (χ0n) is 18.4. The Morgan fingerprint density at radius 1 is 1.00 bits per heavy atom. The Hall–Kier alpha value is -4.46. The highest BCUT2D eigenvalue weighted by Crippen LogP contribution is 2.26. The minimum absolute atomic E-state index is 0.0194. The summed E-state index contributed by atoms with van der Waals surface area (Å²) in [7, 11) is 0. The van der Waals surface area contributed by atoms with Gasteiger partial charge in [0.15, 0.2) is 5.65 Å². The number of benzene rings is 2. The molecule has 6 rings (SSSR count). The third-order valence-electron chi connectivity index (χ3n) is 5.81. The molecule has 8 nitrogen and oxygen atoms in total. The van der Waals surface area contributed by atoms with Gasteiger partial charge in [-0.1, -0.05) is 42.5 Å². The maximum absolute atomic E-state index is 12.3. The van der Waals surface area contributed by atoms with Gasteiger partial charge in [0, 0.05) is 29.6 Å². The summed E-state index contributed by atoms with van der Waals surface area (Å²) in [5.41, 5.74) is 5.32. The van der Waals surface area contributed by atoms with E-state index in [-0.39, 0.29) is 5.91 Å². The van der Waals surface area contributed by atoms with E-state index in [0.717, 1.165) is 35.3 Å². The summed E-state index contributed by atoms with van der Waals surface area (Å²) in [5, 5.41) is 15.3. The number of carbonyl (C=O) groups excluding carboxylic acids is 1. The van der Waals surface area contributed by atoms with Gasteiger partial charge in [-0.3, -0.25) is 9.48 Å². The van der Waals surface area contributed by atoms with Crippen LogP contribution in [0.15, 0.2) is 85.3 Å². The van der Waals surface area contributed by atoms with Crippen molar-refractivity contribution in [2.75, 3.05) is 5.32 Å². The summed E-state index contributed by atoms with van der Waals surface area (Å²) in [6, 6.07) is 22.1. The average molecular weight is 450 g/mol. The topological polar surface area (TPSA) is 89.1 Å². The molecule has 168 valence electrons. The number of amides is 1. The number of fused-ring (bicyclic) bond motifs is 1. The Morgan fingerprint density at radius 2 is 1.82 bits per heavy atom. The van der Waals surface area contributed by atoms with Crippen LogP contribution in [0.2, 0.25) is 0 Å². The number of nitrogens with zero attached hydrogens (tertiary/aromatic N) is 5. The molecule has 8 heteroatoms. The van der Waals surface area contributed by atoms with Crippen LogP contribution in [0.1, 0.15) is 28.8 Å². The number of nitrogens with one attached hydrogen (secondary N) is 2. The average Bonchev–Trinajstić information content (AvgIpc) is 3.41. The van der Waals surface area contributed by atoms with Crippen LogP contribution in [-0.4, -0.2) is 36.3 Å². The van der Waals surface area contributed by atoms with E-state index in [1.165, 1.54) is 5.56 Å². The van der Waals surface area contributed by atoms with Gasteiger partial charge >= 0.3 is 0 Å². The second-order valence-electron chi connectivity index (χ2n) is 8.49. The quantitative estimate of drug-likeness (QED) is 0.387. The molecule has 0 bridgehead atoms. The first-order valence-corrected chi connectivity index (χ1v) is 11.3. The maximum atomic E-state index is 12.3. The summed E-state index contributed by atoms with van der Waals surface area (Å²) >= 11 is 0. The molecule has 0 radical (unpaired) electrons. The molecule has 34 heavy (non-hydrogen) atoms. The van der Waals surface area contributed by atoms with Gasteiger partial charge in [-0.25, -0.2) is 4.52 Å². The predicted molar refractivity (Wildman–Crippen MR) is 130 cm³/mol. The largest absolute Gasteiger partial charge is 0.349 e. The van der Waals surface area contributed by atoms with Crippen molar-refractivity contribution in [1.82, 2.24) is 29.7 Å². The second kappa shape index (κ2) is 8.47. The van der Waals surface area contributed by atoms with Gasteiger partial charge in [0.2, 0.25) is 5.95 Å². The molecule has 1 aliphatic carbocycles. The molecule has 1 fully saturated rings. The Labute approximate surface area is 196 Å². The van der Waals surface area contributed by atoms with Crippen LogP contribution in [0, 0.1) is 0 Å². The highest BCUT2D eigenvalue weighted by Gasteiger charge is 2.23. The summed E-state index contributed by atoms with van der Waals surface area (Å²) in [4.78, 5) is 17.0. The van der Waals surface area contributed by atoms with Gasteiger partial charge < -0.3 is 10.6 Å². The first-order valence-electron chi connectivity index (χ1n) is 11.3. The highest BCUT2D eigenvalue weighted by atomic mass is 16.1. The Morgan fingerprint density at radius 3 is 2.62 bits per heavy atom. The van der Waals surface area contributed by atoms with E-state index in [2.05, 4.69) is 33.0 Å². The van der Waals surface area contributed by atoms with Crippen molar-refractivity contribution in [1.29, 1.82) is 0 Å². The fraction of sp³-hybridized carbons (Fsp3) is 0.154. The summed E-state index contributed by atoms with van der Waals surface area (Å²) in [6.07, 6.45) is 7.71. The number of hydrogen-bond donors (Lipinski definition) is 2. The highest BCUT2D eigenvalue weighted by molar-refractivity contribution is 5.95. The molecular weight excluding hydrogens is 426 g/mol. The molecule has 0 aliphatic heterocycles. The van der Waals surface area contributed by atoms with E-state index in [4.69, 9.17) is 4.98 Å². The first-order chi connectivity index (χ1) is 16.7. The van der Waals surface area contributed by atoms with Crippen LogP contribution >= 0.6 is 0 Å². The SMILES string of the molecule is O=C(NC1CC1)c1ccc(-c2cccn3nc(Nc4cnn(Cc5ccccc5)c4)nc23)cc1. The van der Waals surface area contributed by atoms with Crippen LogP contribution in [0.5, 0.6) is 0 Å². The molecule has 5 aromatic rings. The number of aromatic nitrogens is 5. The lowest BCUT2D eigenvalue weighted by atomic mass is 10.0. The molecule has 0 saturated heterocycles. The van der Waals surface area contributed by atoms with Gasteiger partial charge in [-0.2, -0.15) is 10.1 Å². The van der Waals surface area contributed by atoms with Gasteiger partial charge in [-0.05, 0) is 48.2 Å². The molecule has 1 aliphatic rings. The van der Waals surface area contributed by atoms with Gasteiger partial charge in [0.25, 0.3) is 5.91 Å². The van der Waals surface area contributed by atoms with Gasteiger partial charge in [-0.15, -0.1) is 5.10 Å². The third-order valence-corrected chi connectivity index (χ3v) is 5.81. The first kappa shape index (κ1) is 20.2. The van der Waals surface area contributed by atoms with E-state index >= 15 is 0 Å². The van der Waals surface area contributed by atoms with E-state index in [1.54, 1.807) is 10.7 Å². The number of rotatable bonds is 7. The molecule has 2 N–H and O–H groups in total. The van der Waals surface area contributed by atoms with Crippen LogP contribution < -0.4 is 10.6 Å². The van der Waals surface area contributed by atoms with E-state index in [0.29, 0.717) is 24.1 Å². The Bertz CT molecular complexity index is 1450. The molecule has 0 spiro atoms. The van der Waals surface area contributed by atoms with Crippen molar-refractivity contribution < 1.29 is 4.79 Å². The zero-order valence-corrected chi connectivity index (χ0v) is 18.4. The second-order valence-corrected chi connectivity index (χ2v) is 8.49. The Balaban J connectivity index is 1.21. The zero-order chi connectivity index (χ0) is 22.9. The molecule has 3 heterocycles. The fourth-order valence-corrected chi connectivity index (χ4v) is 3.90. The standard InChI is InChI=1S/C26H23N7O/c34-25(28-21-12-13-21)20-10-8-19(9-11-20)23-7-4-14-33-24(23)30-26(31-33)29-22-15-27-32(17-22)16-18-5-2-1-3-6-18/h1-11,14-15,17,21H,12-13,16H2,(H,28,34)(H,29,31). The lowest BCUT2D eigenvalue weighted by Crippen LogP contribution is -2.25. The van der Waals surface area contributed by atoms with Crippen LogP contribution in [0.3, 0.4) is 0 Å². The number of pyridine rings is 1. The lowest BCUT2D eigenvalue weighted by Gasteiger charge is -2.06. The van der Waals surface area contributed by atoms with E-state index in [9.17, 15) is 4.79 Å². The van der Waals surface area contributed by atoms with Crippen molar-refractivity contribution in [2.24, 2.45) is 0 Å². The van der Waals surface area contributed by atoms with Crippen molar-refractivity contribution in [3.8, 4) is 11.1 Å². The minimum atomic E-state index is -0.0194. The van der Waals surface area contributed by atoms with E-state index in [1.807, 2.05) is 71.7 Å². The number of anilines is 2. The van der Waals surface area contributed by atoms with Crippen molar-refractivity contribution in [3.05, 3.63) is 96.4 Å². The molecule has 1 amide bonds. The monoisotopic (exact) mass is 449 g/mol. The minimum Gasteiger partial charge on any atom is -0.349 e. The summed E-state index contributed by atoms with van der Waals surface area (Å²) in [5.74, 6) is 0.473. The molecular formula is C26H23N7O. The lowest BCUT2D eigenvalue weighted by molar-refractivity contribution is 0.0951. The van der Waals surface area contributed by atoms with Gasteiger partial charge in [0.1, 0.15) is 0 Å². The normalized spacial score (nSPS) is 13.2. The van der Waals surface area contributed by atoms with Crippen LogP contribution in [0.25, 0.3) is 16.8 Å². The molecule has 0 atom stereocenters. The number of carbonyl (C=O) groups is 1. The number of hydrogen-bond acceptors (Lipinski definition) is 5. The molecule has 2 aromatic carbocycles. The van der Waals surface area contributed by atoms with E-state index < -0.39 is 0 Å². The summed E-state index contributed by atoms with van der Waals surface area (Å²) < 4.78 is 3.62. The third kappa shape index (κ3) is 4.25. The van der Waals surface area contributed by atoms with Crippen molar-refractivity contribution in [2.45, 2.75) is 25.4 Å².